The second kappa shape index (κ2) is 4.85. The molecule has 1 aromatic carbocycles. The molecule has 0 spiro atoms. The topological polar surface area (TPSA) is 83.6 Å². The van der Waals surface area contributed by atoms with Crippen molar-refractivity contribution < 1.29 is 14.7 Å². The van der Waals surface area contributed by atoms with Crippen LogP contribution in [0.25, 0.3) is 0 Å². The van der Waals surface area contributed by atoms with Crippen LogP contribution < -0.4 is 5.73 Å². The van der Waals surface area contributed by atoms with Crippen molar-refractivity contribution in [3.8, 4) is 0 Å². The highest BCUT2D eigenvalue weighted by Gasteiger charge is 2.16. The summed E-state index contributed by atoms with van der Waals surface area (Å²) in [5.74, 6) is -1.53. The molecule has 16 heavy (non-hydrogen) atoms. The summed E-state index contributed by atoms with van der Waals surface area (Å²) in [6.45, 7) is -0.375. The number of nitrogens with two attached hydrogens (primary N) is 1. The molecule has 0 aliphatic carbocycles. The Morgan fingerprint density at radius 1 is 1.50 bits per heavy atom. The first kappa shape index (κ1) is 12.3. The second-order valence-corrected chi connectivity index (χ2v) is 3.70. The first-order valence-electron chi connectivity index (χ1n) is 4.44. The van der Waals surface area contributed by atoms with Gasteiger partial charge in [0, 0.05) is 12.7 Å². The molecule has 0 bridgehead atoms. The molecule has 0 heterocycles. The largest absolute Gasteiger partial charge is 0.480 e. The molecule has 1 rings (SSSR count). The van der Waals surface area contributed by atoms with Crippen molar-refractivity contribution in [2.75, 3.05) is 19.3 Å². The summed E-state index contributed by atoms with van der Waals surface area (Å²) in [6, 6.07) is 4.45. The Morgan fingerprint density at radius 2 is 2.12 bits per heavy atom. The smallest absolute Gasteiger partial charge is 0.323 e. The fourth-order valence-electron chi connectivity index (χ4n) is 1.19. The number of aliphatic carboxylic acids is 1. The number of nitrogen functional groups attached to an aromatic ring is 1. The number of rotatable bonds is 3. The van der Waals surface area contributed by atoms with Crippen molar-refractivity contribution in [1.82, 2.24) is 4.90 Å². The quantitative estimate of drug-likeness (QED) is 0.777. The third kappa shape index (κ3) is 2.87. The highest BCUT2D eigenvalue weighted by atomic mass is 35.5. The van der Waals surface area contributed by atoms with Gasteiger partial charge in [0.15, 0.2) is 0 Å². The molecule has 0 atom stereocenters. The van der Waals surface area contributed by atoms with Crippen LogP contribution in [0.4, 0.5) is 5.69 Å². The van der Waals surface area contributed by atoms with Gasteiger partial charge in [0.2, 0.25) is 0 Å². The molecule has 5 nitrogen and oxygen atoms in total. The van der Waals surface area contributed by atoms with E-state index in [1.807, 2.05) is 0 Å². The lowest BCUT2D eigenvalue weighted by atomic mass is 10.2. The monoisotopic (exact) mass is 242 g/mol. The summed E-state index contributed by atoms with van der Waals surface area (Å²) in [5, 5.41) is 8.76. The summed E-state index contributed by atoms with van der Waals surface area (Å²) < 4.78 is 0. The molecule has 0 unspecified atom stereocenters. The van der Waals surface area contributed by atoms with Crippen molar-refractivity contribution in [1.29, 1.82) is 0 Å². The number of amides is 1. The first-order chi connectivity index (χ1) is 7.41. The number of anilines is 1. The molecular formula is C10H11ClN2O3. The number of carbonyl (C=O) groups excluding carboxylic acids is 1. The third-order valence-corrected chi connectivity index (χ3v) is 2.26. The van der Waals surface area contributed by atoms with Crippen molar-refractivity contribution in [2.24, 2.45) is 0 Å². The number of hydrogen-bond donors (Lipinski definition) is 2. The molecule has 6 heteroatoms. The van der Waals surface area contributed by atoms with Gasteiger partial charge in [0.25, 0.3) is 5.91 Å². The predicted octanol–water partition coefficient (Wildman–Crippen LogP) is 1.08. The Bertz CT molecular complexity index is 434. The first-order valence-corrected chi connectivity index (χ1v) is 4.82. The van der Waals surface area contributed by atoms with Gasteiger partial charge in [0.05, 0.1) is 10.6 Å². The molecule has 0 aliphatic heterocycles. The summed E-state index contributed by atoms with van der Waals surface area (Å²) in [5.41, 5.74) is 6.16. The average molecular weight is 243 g/mol. The van der Waals surface area contributed by atoms with Crippen LogP contribution in [0.1, 0.15) is 10.4 Å². The average Bonchev–Trinajstić information content (AvgIpc) is 2.15. The number of carbonyl (C=O) groups is 2. The van der Waals surface area contributed by atoms with E-state index in [4.69, 9.17) is 22.4 Å². The van der Waals surface area contributed by atoms with Gasteiger partial charge in [-0.1, -0.05) is 11.6 Å². The van der Waals surface area contributed by atoms with Gasteiger partial charge >= 0.3 is 5.97 Å². The number of halogens is 1. The molecule has 0 saturated heterocycles. The van der Waals surface area contributed by atoms with Crippen molar-refractivity contribution in [3.05, 3.63) is 28.8 Å². The zero-order valence-corrected chi connectivity index (χ0v) is 9.36. The van der Waals surface area contributed by atoms with Crippen LogP contribution in [-0.4, -0.2) is 35.5 Å². The van der Waals surface area contributed by atoms with E-state index in [1.165, 1.54) is 25.2 Å². The molecule has 0 fully saturated rings. The second-order valence-electron chi connectivity index (χ2n) is 3.29. The molecule has 0 radical (unpaired) electrons. The normalized spacial score (nSPS) is 9.88. The molecular weight excluding hydrogens is 232 g/mol. The maximum absolute atomic E-state index is 11.7. The van der Waals surface area contributed by atoms with E-state index >= 15 is 0 Å². The Balaban J connectivity index is 2.92. The number of likely N-dealkylation sites (N-methyl/N-ethyl adjacent to an activating group) is 1. The Kier molecular flexibility index (Phi) is 3.73. The van der Waals surface area contributed by atoms with E-state index in [9.17, 15) is 9.59 Å². The highest BCUT2D eigenvalue weighted by molar-refractivity contribution is 6.34. The summed E-state index contributed by atoms with van der Waals surface area (Å²) in [4.78, 5) is 23.3. The molecule has 86 valence electrons. The lowest BCUT2D eigenvalue weighted by Gasteiger charge is -2.15. The SMILES string of the molecule is CN(CC(=O)O)C(=O)c1ccc(N)cc1Cl. The van der Waals surface area contributed by atoms with E-state index in [2.05, 4.69) is 0 Å². The van der Waals surface area contributed by atoms with Crippen LogP contribution in [0, 0.1) is 0 Å². The van der Waals surface area contributed by atoms with Crippen LogP contribution >= 0.6 is 11.6 Å². The van der Waals surface area contributed by atoms with Crippen LogP contribution in [-0.2, 0) is 4.79 Å². The van der Waals surface area contributed by atoms with Crippen LogP contribution in [0.15, 0.2) is 18.2 Å². The maximum Gasteiger partial charge on any atom is 0.323 e. The van der Waals surface area contributed by atoms with Gasteiger partial charge in [-0.25, -0.2) is 0 Å². The number of carboxylic acid groups (broad SMARTS) is 1. The molecule has 1 aromatic rings. The maximum atomic E-state index is 11.7. The van der Waals surface area contributed by atoms with Crippen molar-refractivity contribution in [3.63, 3.8) is 0 Å². The summed E-state index contributed by atoms with van der Waals surface area (Å²) >= 11 is 5.83. The molecule has 0 aromatic heterocycles. The van der Waals surface area contributed by atoms with Gasteiger partial charge in [-0.05, 0) is 18.2 Å². The summed E-state index contributed by atoms with van der Waals surface area (Å²) in [6.07, 6.45) is 0. The predicted molar refractivity (Wildman–Crippen MR) is 60.5 cm³/mol. The van der Waals surface area contributed by atoms with Crippen molar-refractivity contribution in [2.45, 2.75) is 0 Å². The van der Waals surface area contributed by atoms with E-state index in [-0.39, 0.29) is 17.1 Å². The van der Waals surface area contributed by atoms with Gasteiger partial charge in [-0.2, -0.15) is 0 Å². The lowest BCUT2D eigenvalue weighted by molar-refractivity contribution is -0.137. The minimum absolute atomic E-state index is 0.210. The fraction of sp³-hybridized carbons (Fsp3) is 0.200. The minimum atomic E-state index is -1.08. The zero-order chi connectivity index (χ0) is 12.3. The standard InChI is InChI=1S/C10H11ClN2O3/c1-13(5-9(14)15)10(16)7-3-2-6(12)4-8(7)11/h2-4H,5,12H2,1H3,(H,14,15). The van der Waals surface area contributed by atoms with Crippen LogP contribution in [0.5, 0.6) is 0 Å². The van der Waals surface area contributed by atoms with Gasteiger partial charge in [-0.3, -0.25) is 9.59 Å². The van der Waals surface area contributed by atoms with E-state index in [1.54, 1.807) is 0 Å². The van der Waals surface area contributed by atoms with Gasteiger partial charge < -0.3 is 15.7 Å². The number of hydrogen-bond acceptors (Lipinski definition) is 3. The molecule has 3 N–H and O–H groups in total. The Labute approximate surface area is 97.4 Å². The molecule has 1 amide bonds. The Hall–Kier alpha value is -1.75. The number of nitrogens with zero attached hydrogens (tertiary/aromatic N) is 1. The summed E-state index contributed by atoms with van der Waals surface area (Å²) in [7, 11) is 1.39. The van der Waals surface area contributed by atoms with Crippen LogP contribution in [0.3, 0.4) is 0 Å². The minimum Gasteiger partial charge on any atom is -0.480 e. The molecule has 0 aliphatic rings. The third-order valence-electron chi connectivity index (χ3n) is 1.94. The zero-order valence-electron chi connectivity index (χ0n) is 8.61. The van der Waals surface area contributed by atoms with Gasteiger partial charge in [-0.15, -0.1) is 0 Å². The van der Waals surface area contributed by atoms with Crippen LogP contribution in [0.2, 0.25) is 5.02 Å². The highest BCUT2D eigenvalue weighted by Crippen LogP contribution is 2.20. The number of benzene rings is 1. The van der Waals surface area contributed by atoms with Gasteiger partial charge in [0.1, 0.15) is 6.54 Å². The molecule has 0 saturated carbocycles. The lowest BCUT2D eigenvalue weighted by Crippen LogP contribution is -2.32. The Morgan fingerprint density at radius 3 is 2.62 bits per heavy atom. The van der Waals surface area contributed by atoms with E-state index in [0.717, 1.165) is 4.90 Å². The van der Waals surface area contributed by atoms with Crippen molar-refractivity contribution >= 4 is 29.2 Å². The number of carboxylic acids is 1. The van der Waals surface area contributed by atoms with E-state index < -0.39 is 11.9 Å². The van der Waals surface area contributed by atoms with E-state index in [0.29, 0.717) is 5.69 Å². The fourth-order valence-corrected chi connectivity index (χ4v) is 1.45.